The van der Waals surface area contributed by atoms with Crippen LogP contribution in [0.3, 0.4) is 0 Å². The molecule has 1 aromatic heterocycles. The lowest BCUT2D eigenvalue weighted by molar-refractivity contribution is -0.185. The third-order valence-electron chi connectivity index (χ3n) is 4.44. The van der Waals surface area contributed by atoms with Gasteiger partial charge in [-0.1, -0.05) is 11.6 Å². The highest BCUT2D eigenvalue weighted by Gasteiger charge is 2.44. The molecule has 1 aliphatic rings. The zero-order chi connectivity index (χ0) is 22.8. The fraction of sp³-hybridized carbons (Fsp3) is 0.588. The highest BCUT2D eigenvalue weighted by Crippen LogP contribution is 2.28. The Bertz CT molecular complexity index is 920. The molecule has 1 fully saturated rings. The summed E-state index contributed by atoms with van der Waals surface area (Å²) in [5.41, 5.74) is -1.83. The van der Waals surface area contributed by atoms with Crippen molar-refractivity contribution in [3.05, 3.63) is 44.2 Å². The monoisotopic (exact) mass is 437 g/mol. The minimum absolute atomic E-state index is 0.379. The molecule has 168 valence electrons. The number of carbonyl (C=O) groups is 1. The molecule has 0 aromatic carbocycles. The van der Waals surface area contributed by atoms with E-state index in [4.69, 9.17) is 9.84 Å². The number of hydrogen-bond donors (Lipinski definition) is 4. The molecule has 0 bridgehead atoms. The number of rotatable bonds is 6. The lowest BCUT2D eigenvalue weighted by Crippen LogP contribution is -2.43. The summed E-state index contributed by atoms with van der Waals surface area (Å²) in [6.45, 7) is 1.34. The second-order valence-electron chi connectivity index (χ2n) is 7.01. The summed E-state index contributed by atoms with van der Waals surface area (Å²) in [7, 11) is 0. The number of nitrogens with one attached hydrogen (secondary N) is 1. The van der Waals surface area contributed by atoms with Gasteiger partial charge >= 0.3 is 17.8 Å². The van der Waals surface area contributed by atoms with Gasteiger partial charge in [-0.3, -0.25) is 19.1 Å². The second kappa shape index (κ2) is 9.12. The molecule has 2 heterocycles. The number of hydrogen-bond acceptors (Lipinski definition) is 7. The lowest BCUT2D eigenvalue weighted by Gasteiger charge is -2.23. The van der Waals surface area contributed by atoms with E-state index in [1.807, 2.05) is 4.98 Å². The van der Waals surface area contributed by atoms with Crippen LogP contribution in [0, 0.1) is 0 Å². The number of ether oxygens (including phenoxy) is 1. The Kier molecular flexibility index (Phi) is 7.23. The molecule has 0 radical (unpaired) electrons. The maximum absolute atomic E-state index is 12.9. The lowest BCUT2D eigenvalue weighted by atomic mass is 10.1. The summed E-state index contributed by atoms with van der Waals surface area (Å²) < 4.78 is 44.7. The van der Waals surface area contributed by atoms with Gasteiger partial charge in [0.25, 0.3) is 5.56 Å². The largest absolute Gasteiger partial charge is 0.471 e. The Hall–Kier alpha value is -2.48. The molecule has 0 aliphatic carbocycles. The van der Waals surface area contributed by atoms with Crippen molar-refractivity contribution in [3.63, 3.8) is 0 Å². The van der Waals surface area contributed by atoms with E-state index in [2.05, 4.69) is 0 Å². The summed E-state index contributed by atoms with van der Waals surface area (Å²) in [5, 5.41) is 29.0. The van der Waals surface area contributed by atoms with Gasteiger partial charge in [-0.25, -0.2) is 4.79 Å². The van der Waals surface area contributed by atoms with Gasteiger partial charge in [0.1, 0.15) is 18.3 Å². The van der Waals surface area contributed by atoms with Crippen LogP contribution in [0.4, 0.5) is 13.2 Å². The Balaban J connectivity index is 2.42. The first kappa shape index (κ1) is 23.8. The van der Waals surface area contributed by atoms with Crippen LogP contribution in [0.25, 0.3) is 0 Å². The van der Waals surface area contributed by atoms with Crippen molar-refractivity contribution in [2.24, 2.45) is 0 Å². The summed E-state index contributed by atoms with van der Waals surface area (Å²) >= 11 is 0. The number of aromatic nitrogens is 2. The Morgan fingerprint density at radius 2 is 1.93 bits per heavy atom. The number of halogens is 3. The van der Waals surface area contributed by atoms with Crippen molar-refractivity contribution in [2.75, 3.05) is 13.2 Å². The third-order valence-corrected chi connectivity index (χ3v) is 4.44. The quantitative estimate of drug-likeness (QED) is 0.418. The molecule has 1 aliphatic heterocycles. The van der Waals surface area contributed by atoms with Crippen molar-refractivity contribution in [3.8, 4) is 0 Å². The zero-order valence-corrected chi connectivity index (χ0v) is 16.1. The number of H-pyrrole nitrogens is 1. The highest BCUT2D eigenvalue weighted by atomic mass is 19.4. The first-order valence-corrected chi connectivity index (χ1v) is 8.83. The molecule has 1 unspecified atom stereocenters. The van der Waals surface area contributed by atoms with Crippen LogP contribution in [0.2, 0.25) is 0 Å². The topological polar surface area (TPSA) is 145 Å². The van der Waals surface area contributed by atoms with E-state index in [1.165, 1.54) is 6.08 Å². The number of alkyl halides is 3. The number of nitrogens with zero attached hydrogens (tertiary/aromatic N) is 2. The molecule has 13 heteroatoms. The van der Waals surface area contributed by atoms with Crippen molar-refractivity contribution in [2.45, 2.75) is 51.1 Å². The number of aromatic amines is 1. The molecule has 4 N–H and O–H groups in total. The van der Waals surface area contributed by atoms with E-state index in [0.717, 1.165) is 6.20 Å². The van der Waals surface area contributed by atoms with Crippen LogP contribution in [-0.4, -0.2) is 73.3 Å². The van der Waals surface area contributed by atoms with Gasteiger partial charge in [-0.2, -0.15) is 13.2 Å². The van der Waals surface area contributed by atoms with Crippen molar-refractivity contribution >= 4 is 5.91 Å². The number of aliphatic hydroxyl groups is 3. The SMILES string of the molecule is CC(C)=CCN(Cc1cn([C@@H]2O[C@H](CO)C(O)[C@@H]2O)c(=O)[nH]c1=O)C(=O)C(F)(F)F. The molecule has 2 rings (SSSR count). The van der Waals surface area contributed by atoms with Crippen LogP contribution in [-0.2, 0) is 16.1 Å². The van der Waals surface area contributed by atoms with Crippen LogP contribution < -0.4 is 11.2 Å². The van der Waals surface area contributed by atoms with E-state index in [0.29, 0.717) is 15.0 Å². The van der Waals surface area contributed by atoms with Gasteiger partial charge in [-0.15, -0.1) is 0 Å². The summed E-state index contributed by atoms with van der Waals surface area (Å²) in [5.74, 6) is -2.18. The first-order chi connectivity index (χ1) is 13.9. The molecular formula is C17H22F3N3O7. The minimum Gasteiger partial charge on any atom is -0.394 e. The average Bonchev–Trinajstić information content (AvgIpc) is 2.93. The van der Waals surface area contributed by atoms with Crippen LogP contribution in [0.15, 0.2) is 27.4 Å². The number of aliphatic hydroxyl groups excluding tert-OH is 3. The van der Waals surface area contributed by atoms with Crippen molar-refractivity contribution in [1.82, 2.24) is 14.5 Å². The second-order valence-corrected chi connectivity index (χ2v) is 7.01. The van der Waals surface area contributed by atoms with Crippen LogP contribution >= 0.6 is 0 Å². The highest BCUT2D eigenvalue weighted by molar-refractivity contribution is 5.82. The molecule has 4 atom stereocenters. The Labute approximate surface area is 167 Å². The van der Waals surface area contributed by atoms with E-state index >= 15 is 0 Å². The van der Waals surface area contributed by atoms with Crippen LogP contribution in [0.1, 0.15) is 25.6 Å². The Morgan fingerprint density at radius 3 is 2.43 bits per heavy atom. The first-order valence-electron chi connectivity index (χ1n) is 8.83. The molecule has 1 saturated heterocycles. The predicted molar refractivity (Wildman–Crippen MR) is 95.2 cm³/mol. The fourth-order valence-electron chi connectivity index (χ4n) is 2.84. The predicted octanol–water partition coefficient (Wildman–Crippen LogP) is -0.995. The number of allylic oxidation sites excluding steroid dienone is 1. The molecular weight excluding hydrogens is 415 g/mol. The molecule has 30 heavy (non-hydrogen) atoms. The molecule has 1 aromatic rings. The standard InChI is InChI=1S/C17H22F3N3O7/c1-8(2)3-4-22(15(28)17(18,19)20)5-9-6-23(16(29)21-13(9)27)14-12(26)11(25)10(7-24)30-14/h3,6,10-12,14,24-26H,4-5,7H2,1-2H3,(H,21,27,29)/t10-,11?,12+,14-/m1/s1. The summed E-state index contributed by atoms with van der Waals surface area (Å²) in [6.07, 6.45) is -8.89. The van der Waals surface area contributed by atoms with Crippen molar-refractivity contribution < 1.29 is 38.0 Å². The van der Waals surface area contributed by atoms with Gasteiger partial charge in [-0.05, 0) is 13.8 Å². The van der Waals surface area contributed by atoms with E-state index in [-0.39, 0.29) is 5.56 Å². The number of amides is 1. The minimum atomic E-state index is -5.18. The average molecular weight is 437 g/mol. The number of carbonyl (C=O) groups excluding carboxylic acids is 1. The Morgan fingerprint density at radius 1 is 1.30 bits per heavy atom. The van der Waals surface area contributed by atoms with Gasteiger partial charge in [0.15, 0.2) is 6.23 Å². The van der Waals surface area contributed by atoms with Gasteiger partial charge < -0.3 is 25.0 Å². The molecule has 0 spiro atoms. The summed E-state index contributed by atoms with van der Waals surface area (Å²) in [6, 6.07) is 0. The van der Waals surface area contributed by atoms with Crippen LogP contribution in [0.5, 0.6) is 0 Å². The maximum atomic E-state index is 12.9. The van der Waals surface area contributed by atoms with Gasteiger partial charge in [0.05, 0.1) is 18.7 Å². The van der Waals surface area contributed by atoms with Gasteiger partial charge in [0, 0.05) is 12.7 Å². The maximum Gasteiger partial charge on any atom is 0.471 e. The zero-order valence-electron chi connectivity index (χ0n) is 16.1. The summed E-state index contributed by atoms with van der Waals surface area (Å²) in [4.78, 5) is 38.3. The van der Waals surface area contributed by atoms with E-state index in [9.17, 15) is 37.8 Å². The smallest absolute Gasteiger partial charge is 0.394 e. The normalized spacial score (nSPS) is 24.0. The van der Waals surface area contributed by atoms with Crippen molar-refractivity contribution in [1.29, 1.82) is 0 Å². The van der Waals surface area contributed by atoms with E-state index in [1.54, 1.807) is 13.8 Å². The molecule has 1 amide bonds. The van der Waals surface area contributed by atoms with E-state index < -0.39 is 67.6 Å². The third kappa shape index (κ3) is 5.16. The molecule has 10 nitrogen and oxygen atoms in total. The molecule has 0 saturated carbocycles. The van der Waals surface area contributed by atoms with Gasteiger partial charge in [0.2, 0.25) is 0 Å². The fourth-order valence-corrected chi connectivity index (χ4v) is 2.84.